The molecule has 0 saturated heterocycles. The van der Waals surface area contributed by atoms with Gasteiger partial charge in [-0.15, -0.1) is 10.2 Å². The molecule has 154 valence electrons. The van der Waals surface area contributed by atoms with Crippen LogP contribution in [0.3, 0.4) is 0 Å². The summed E-state index contributed by atoms with van der Waals surface area (Å²) in [6.07, 6.45) is 10.9. The second kappa shape index (κ2) is 7.71. The number of benzene rings is 1. The van der Waals surface area contributed by atoms with E-state index in [0.29, 0.717) is 28.5 Å². The summed E-state index contributed by atoms with van der Waals surface area (Å²) in [6, 6.07) is 7.07. The van der Waals surface area contributed by atoms with Crippen LogP contribution in [0.4, 0.5) is 11.5 Å². The van der Waals surface area contributed by atoms with Crippen LogP contribution in [-0.2, 0) is 9.92 Å². The molecule has 4 rings (SSSR count). The lowest BCUT2D eigenvalue weighted by molar-refractivity contribution is 0.446. The average Bonchev–Trinajstić information content (AvgIpc) is 3.17. The fraction of sp³-hybridized carbons (Fsp3) is 0.200. The molecule has 9 nitrogen and oxygen atoms in total. The highest BCUT2D eigenvalue weighted by molar-refractivity contribution is 7.93. The Kier molecular flexibility index (Phi) is 5.08. The molecular formula is C20H21N7O2S. The summed E-state index contributed by atoms with van der Waals surface area (Å²) in [5.74, 6) is 1.09. The first-order valence-corrected chi connectivity index (χ1v) is 11.2. The van der Waals surface area contributed by atoms with Crippen LogP contribution in [0.1, 0.15) is 18.7 Å². The molecule has 1 aliphatic rings. The van der Waals surface area contributed by atoms with Gasteiger partial charge in [-0.25, -0.2) is 19.0 Å². The fourth-order valence-electron chi connectivity index (χ4n) is 3.15. The summed E-state index contributed by atoms with van der Waals surface area (Å²) in [6.45, 7) is 2.08. The first kappa shape index (κ1) is 19.8. The third kappa shape index (κ3) is 4.23. The highest BCUT2D eigenvalue weighted by Crippen LogP contribution is 2.32. The maximum absolute atomic E-state index is 11.7. The van der Waals surface area contributed by atoms with Crippen molar-refractivity contribution in [2.45, 2.75) is 12.8 Å². The Labute approximate surface area is 174 Å². The Morgan fingerprint density at radius 1 is 1.23 bits per heavy atom. The SMILES string of the molecule is CC1C=CC=CC1c1nnc(-c2nc(-c3cccc(NS(C)(=N)=O)c3)cnc2N)o1. The normalized spacial score (nSPS) is 20.1. The molecule has 3 aromatic rings. The lowest BCUT2D eigenvalue weighted by Gasteiger charge is -2.15. The number of rotatable bonds is 5. The number of allylic oxidation sites excluding steroid dienone is 4. The standard InChI is InChI=1S/C20H21N7O2S/c1-12-6-3-4-9-15(12)19-25-26-20(29-19)17-18(21)23-11-16(24-17)13-7-5-8-14(10-13)27-30(2,22)28/h3-12,15H,1-2H3,(H2,21,23)(H2,22,27,28). The van der Waals surface area contributed by atoms with Crippen molar-refractivity contribution in [3.05, 3.63) is 60.7 Å². The van der Waals surface area contributed by atoms with Gasteiger partial charge in [0.25, 0.3) is 5.89 Å². The molecule has 30 heavy (non-hydrogen) atoms. The molecule has 0 spiro atoms. The lowest BCUT2D eigenvalue weighted by Crippen LogP contribution is -2.07. The molecule has 0 radical (unpaired) electrons. The van der Waals surface area contributed by atoms with Gasteiger partial charge < -0.3 is 10.2 Å². The second-order valence-electron chi connectivity index (χ2n) is 7.12. The molecule has 1 aromatic carbocycles. The number of aromatic nitrogens is 4. The molecule has 0 bridgehead atoms. The Balaban J connectivity index is 1.68. The minimum atomic E-state index is -2.90. The predicted molar refractivity (Wildman–Crippen MR) is 116 cm³/mol. The van der Waals surface area contributed by atoms with Crippen LogP contribution in [0.15, 0.2) is 59.2 Å². The number of nitrogens with one attached hydrogen (secondary N) is 2. The third-order valence-corrected chi connectivity index (χ3v) is 5.24. The predicted octanol–water partition coefficient (Wildman–Crippen LogP) is 3.62. The molecule has 0 aliphatic heterocycles. The first-order valence-electron chi connectivity index (χ1n) is 9.23. The molecule has 0 fully saturated rings. The Bertz CT molecular complexity index is 1250. The van der Waals surface area contributed by atoms with Crippen LogP contribution in [0.2, 0.25) is 0 Å². The smallest absolute Gasteiger partial charge is 0.270 e. The molecule has 2 heterocycles. The van der Waals surface area contributed by atoms with Crippen molar-refractivity contribution in [1.29, 1.82) is 4.78 Å². The van der Waals surface area contributed by atoms with Crippen LogP contribution in [0.5, 0.6) is 0 Å². The number of hydrogen-bond donors (Lipinski definition) is 3. The lowest BCUT2D eigenvalue weighted by atomic mass is 9.90. The minimum absolute atomic E-state index is 0.00912. The molecule has 0 saturated carbocycles. The van der Waals surface area contributed by atoms with Crippen molar-refractivity contribution in [3.63, 3.8) is 0 Å². The zero-order chi connectivity index (χ0) is 21.3. The highest BCUT2D eigenvalue weighted by atomic mass is 32.2. The van der Waals surface area contributed by atoms with Gasteiger partial charge in [0.05, 0.1) is 17.8 Å². The number of nitrogens with two attached hydrogens (primary N) is 1. The van der Waals surface area contributed by atoms with Gasteiger partial charge in [0.2, 0.25) is 5.89 Å². The summed E-state index contributed by atoms with van der Waals surface area (Å²) >= 11 is 0. The van der Waals surface area contributed by atoms with Gasteiger partial charge in [0.1, 0.15) is 9.92 Å². The maximum Gasteiger partial charge on any atom is 0.270 e. The Hall–Kier alpha value is -3.53. The van der Waals surface area contributed by atoms with Crippen LogP contribution in [-0.4, -0.2) is 30.6 Å². The van der Waals surface area contributed by atoms with Crippen molar-refractivity contribution < 1.29 is 8.63 Å². The van der Waals surface area contributed by atoms with Crippen LogP contribution >= 0.6 is 0 Å². The van der Waals surface area contributed by atoms with E-state index in [2.05, 4.69) is 37.9 Å². The van der Waals surface area contributed by atoms with Crippen molar-refractivity contribution in [2.75, 3.05) is 16.7 Å². The maximum atomic E-state index is 11.7. The van der Waals surface area contributed by atoms with Gasteiger partial charge in [-0.05, 0) is 18.1 Å². The summed E-state index contributed by atoms with van der Waals surface area (Å²) in [4.78, 5) is 8.79. The largest absolute Gasteiger partial charge is 0.419 e. The van der Waals surface area contributed by atoms with Crippen molar-refractivity contribution in [2.24, 2.45) is 5.92 Å². The van der Waals surface area contributed by atoms with Crippen LogP contribution < -0.4 is 10.5 Å². The zero-order valence-corrected chi connectivity index (χ0v) is 17.3. The van der Waals surface area contributed by atoms with Gasteiger partial charge in [-0.2, -0.15) is 0 Å². The fourth-order valence-corrected chi connectivity index (χ4v) is 3.73. The average molecular weight is 424 g/mol. The van der Waals surface area contributed by atoms with Gasteiger partial charge >= 0.3 is 0 Å². The van der Waals surface area contributed by atoms with Gasteiger partial charge in [-0.1, -0.05) is 43.4 Å². The number of nitrogen functional groups attached to an aromatic ring is 1. The molecule has 0 amide bonds. The Morgan fingerprint density at radius 2 is 2.03 bits per heavy atom. The molecular weight excluding hydrogens is 402 g/mol. The van der Waals surface area contributed by atoms with Gasteiger partial charge in [-0.3, -0.25) is 4.72 Å². The summed E-state index contributed by atoms with van der Waals surface area (Å²) in [5, 5.41) is 8.30. The minimum Gasteiger partial charge on any atom is -0.419 e. The van der Waals surface area contributed by atoms with Crippen molar-refractivity contribution >= 4 is 21.4 Å². The molecule has 3 atom stereocenters. The third-order valence-electron chi connectivity index (χ3n) is 4.61. The number of hydrogen-bond acceptors (Lipinski definition) is 8. The van der Waals surface area contributed by atoms with Crippen LogP contribution in [0.25, 0.3) is 22.8 Å². The number of anilines is 2. The first-order chi connectivity index (χ1) is 14.3. The summed E-state index contributed by atoms with van der Waals surface area (Å²) in [7, 11) is -2.90. The van der Waals surface area contributed by atoms with Gasteiger partial charge in [0.15, 0.2) is 11.5 Å². The summed E-state index contributed by atoms with van der Waals surface area (Å²) in [5.41, 5.74) is 8.11. The van der Waals surface area contributed by atoms with E-state index >= 15 is 0 Å². The van der Waals surface area contributed by atoms with E-state index in [1.807, 2.05) is 24.3 Å². The monoisotopic (exact) mass is 423 g/mol. The quantitative estimate of drug-likeness (QED) is 0.568. The van der Waals surface area contributed by atoms with Crippen molar-refractivity contribution in [3.8, 4) is 22.8 Å². The van der Waals surface area contributed by atoms with Gasteiger partial charge in [0, 0.05) is 17.5 Å². The molecule has 10 heteroatoms. The van der Waals surface area contributed by atoms with E-state index < -0.39 is 9.92 Å². The highest BCUT2D eigenvalue weighted by Gasteiger charge is 2.24. The summed E-state index contributed by atoms with van der Waals surface area (Å²) < 4.78 is 27.8. The van der Waals surface area contributed by atoms with Crippen LogP contribution in [0, 0.1) is 10.7 Å². The number of nitrogens with zero attached hydrogens (tertiary/aromatic N) is 4. The van der Waals surface area contributed by atoms with E-state index in [4.69, 9.17) is 14.9 Å². The van der Waals surface area contributed by atoms with E-state index in [-0.39, 0.29) is 23.5 Å². The Morgan fingerprint density at radius 3 is 2.80 bits per heavy atom. The van der Waals surface area contributed by atoms with E-state index in [1.54, 1.807) is 18.2 Å². The molecule has 1 aliphatic carbocycles. The van der Waals surface area contributed by atoms with E-state index in [9.17, 15) is 4.21 Å². The van der Waals surface area contributed by atoms with E-state index in [0.717, 1.165) is 0 Å². The van der Waals surface area contributed by atoms with Crippen molar-refractivity contribution in [1.82, 2.24) is 20.2 Å². The second-order valence-corrected chi connectivity index (χ2v) is 9.01. The molecule has 4 N–H and O–H groups in total. The molecule has 2 aromatic heterocycles. The topological polar surface area (TPSA) is 144 Å². The molecule has 3 unspecified atom stereocenters. The van der Waals surface area contributed by atoms with E-state index in [1.165, 1.54) is 12.5 Å². The zero-order valence-electron chi connectivity index (χ0n) is 16.4.